The summed E-state index contributed by atoms with van der Waals surface area (Å²) in [5.41, 5.74) is 2.41. The van der Waals surface area contributed by atoms with Crippen LogP contribution in [0.5, 0.6) is 0 Å². The van der Waals surface area contributed by atoms with Gasteiger partial charge in [-0.05, 0) is 24.1 Å². The largest absolute Gasteiger partial charge is 0.352 e. The molecule has 0 radical (unpaired) electrons. The fourth-order valence-electron chi connectivity index (χ4n) is 2.28. The number of hydrogen-bond donors (Lipinski definition) is 1. The Balaban J connectivity index is 2.07. The summed E-state index contributed by atoms with van der Waals surface area (Å²) in [6.07, 6.45) is 5.74. The summed E-state index contributed by atoms with van der Waals surface area (Å²) in [4.78, 5) is 11.1. The van der Waals surface area contributed by atoms with Gasteiger partial charge in [0, 0.05) is 45.3 Å². The van der Waals surface area contributed by atoms with Crippen molar-refractivity contribution in [2.75, 3.05) is 11.9 Å². The Kier molecular flexibility index (Phi) is 4.96. The number of aryl methyl sites for hydroxylation is 2. The SMILES string of the molecule is Cc1cc(CNC(C)C)cnc1N(C)Cc1nccn1C. The number of nitrogens with zero attached hydrogens (tertiary/aromatic N) is 4. The minimum atomic E-state index is 0.482. The molecule has 21 heavy (non-hydrogen) atoms. The number of nitrogens with one attached hydrogen (secondary N) is 1. The molecule has 2 aromatic heterocycles. The van der Waals surface area contributed by atoms with Crippen molar-refractivity contribution in [3.05, 3.63) is 41.6 Å². The van der Waals surface area contributed by atoms with Crippen LogP contribution in [0.15, 0.2) is 24.7 Å². The number of pyridine rings is 1. The van der Waals surface area contributed by atoms with E-state index in [1.165, 1.54) is 11.1 Å². The molecule has 0 bridgehead atoms. The Morgan fingerprint density at radius 2 is 2.10 bits per heavy atom. The van der Waals surface area contributed by atoms with Gasteiger partial charge in [0.1, 0.15) is 11.6 Å². The van der Waals surface area contributed by atoms with Crippen LogP contribution >= 0.6 is 0 Å². The second-order valence-corrected chi connectivity index (χ2v) is 5.83. The number of aromatic nitrogens is 3. The first kappa shape index (κ1) is 15.5. The standard InChI is InChI=1S/C16H25N5/c1-12(2)18-9-14-8-13(3)16(19-10-14)21(5)11-15-17-6-7-20(15)4/h6-8,10,12,18H,9,11H2,1-5H3. The first-order valence-electron chi connectivity index (χ1n) is 7.33. The van der Waals surface area contributed by atoms with E-state index in [4.69, 9.17) is 0 Å². The van der Waals surface area contributed by atoms with E-state index in [0.717, 1.165) is 24.7 Å². The summed E-state index contributed by atoms with van der Waals surface area (Å²) >= 11 is 0. The van der Waals surface area contributed by atoms with Gasteiger partial charge in [0.15, 0.2) is 0 Å². The molecule has 0 saturated carbocycles. The second kappa shape index (κ2) is 6.72. The van der Waals surface area contributed by atoms with E-state index in [-0.39, 0.29) is 0 Å². The van der Waals surface area contributed by atoms with Crippen molar-refractivity contribution in [3.8, 4) is 0 Å². The predicted molar refractivity (Wildman–Crippen MR) is 86.3 cm³/mol. The zero-order valence-corrected chi connectivity index (χ0v) is 13.6. The Morgan fingerprint density at radius 3 is 2.67 bits per heavy atom. The monoisotopic (exact) mass is 287 g/mol. The molecule has 2 heterocycles. The third kappa shape index (κ3) is 4.04. The minimum absolute atomic E-state index is 0.482. The number of hydrogen-bond acceptors (Lipinski definition) is 4. The van der Waals surface area contributed by atoms with Gasteiger partial charge in [-0.15, -0.1) is 0 Å². The normalized spacial score (nSPS) is 11.1. The summed E-state index contributed by atoms with van der Waals surface area (Å²) < 4.78 is 2.03. The highest BCUT2D eigenvalue weighted by molar-refractivity contribution is 5.46. The molecule has 1 N–H and O–H groups in total. The maximum absolute atomic E-state index is 4.62. The highest BCUT2D eigenvalue weighted by atomic mass is 15.2. The van der Waals surface area contributed by atoms with Gasteiger partial charge in [0.25, 0.3) is 0 Å². The molecule has 0 unspecified atom stereocenters. The Morgan fingerprint density at radius 1 is 1.33 bits per heavy atom. The van der Waals surface area contributed by atoms with Crippen LogP contribution in [0, 0.1) is 6.92 Å². The van der Waals surface area contributed by atoms with E-state index in [1.807, 2.05) is 30.2 Å². The lowest BCUT2D eigenvalue weighted by molar-refractivity contribution is 0.587. The lowest BCUT2D eigenvalue weighted by atomic mass is 10.2. The van der Waals surface area contributed by atoms with Crippen molar-refractivity contribution in [2.24, 2.45) is 7.05 Å². The molecule has 0 fully saturated rings. The van der Waals surface area contributed by atoms with E-state index in [1.54, 1.807) is 0 Å². The summed E-state index contributed by atoms with van der Waals surface area (Å²) in [6, 6.07) is 2.68. The Bertz CT molecular complexity index is 588. The van der Waals surface area contributed by atoms with Crippen molar-refractivity contribution in [2.45, 2.75) is 39.9 Å². The molecule has 0 aliphatic rings. The molecule has 5 nitrogen and oxygen atoms in total. The van der Waals surface area contributed by atoms with Crippen LogP contribution < -0.4 is 10.2 Å². The lowest BCUT2D eigenvalue weighted by Gasteiger charge is -2.20. The van der Waals surface area contributed by atoms with E-state index < -0.39 is 0 Å². The second-order valence-electron chi connectivity index (χ2n) is 5.83. The molecule has 0 amide bonds. The number of imidazole rings is 1. The van der Waals surface area contributed by atoms with Crippen LogP contribution in [0.2, 0.25) is 0 Å². The van der Waals surface area contributed by atoms with Crippen molar-refractivity contribution in [1.29, 1.82) is 0 Å². The van der Waals surface area contributed by atoms with Crippen LogP contribution in [0.4, 0.5) is 5.82 Å². The predicted octanol–water partition coefficient (Wildman–Crippen LogP) is 2.26. The first-order valence-corrected chi connectivity index (χ1v) is 7.33. The molecule has 0 spiro atoms. The summed E-state index contributed by atoms with van der Waals surface area (Å²) in [6.45, 7) is 8.01. The van der Waals surface area contributed by atoms with Gasteiger partial charge >= 0.3 is 0 Å². The third-order valence-corrected chi connectivity index (χ3v) is 3.48. The van der Waals surface area contributed by atoms with Crippen molar-refractivity contribution in [1.82, 2.24) is 19.9 Å². The highest BCUT2D eigenvalue weighted by Crippen LogP contribution is 2.18. The average molecular weight is 287 g/mol. The Hall–Kier alpha value is -1.88. The van der Waals surface area contributed by atoms with E-state index in [9.17, 15) is 0 Å². The minimum Gasteiger partial charge on any atom is -0.352 e. The first-order chi connectivity index (χ1) is 9.97. The van der Waals surface area contributed by atoms with Crippen LogP contribution in [-0.2, 0) is 20.1 Å². The lowest BCUT2D eigenvalue weighted by Crippen LogP contribution is -2.23. The Labute approximate surface area is 127 Å². The van der Waals surface area contributed by atoms with Gasteiger partial charge in [-0.25, -0.2) is 9.97 Å². The van der Waals surface area contributed by atoms with Crippen LogP contribution in [0.3, 0.4) is 0 Å². The molecule has 0 atom stereocenters. The van der Waals surface area contributed by atoms with E-state index in [2.05, 4.69) is 54.1 Å². The molecule has 0 aliphatic carbocycles. The summed E-state index contributed by atoms with van der Waals surface area (Å²) in [7, 11) is 4.06. The average Bonchev–Trinajstić information content (AvgIpc) is 2.82. The maximum Gasteiger partial charge on any atom is 0.131 e. The van der Waals surface area contributed by atoms with Crippen molar-refractivity contribution in [3.63, 3.8) is 0 Å². The molecule has 2 rings (SSSR count). The maximum atomic E-state index is 4.62. The zero-order valence-electron chi connectivity index (χ0n) is 13.6. The van der Waals surface area contributed by atoms with E-state index in [0.29, 0.717) is 6.04 Å². The number of anilines is 1. The smallest absolute Gasteiger partial charge is 0.131 e. The van der Waals surface area contributed by atoms with E-state index >= 15 is 0 Å². The molecule has 114 valence electrons. The molecular formula is C16H25N5. The molecule has 0 saturated heterocycles. The molecule has 2 aromatic rings. The van der Waals surface area contributed by atoms with Gasteiger partial charge in [0.2, 0.25) is 0 Å². The van der Waals surface area contributed by atoms with Crippen molar-refractivity contribution < 1.29 is 0 Å². The van der Waals surface area contributed by atoms with Crippen molar-refractivity contribution >= 4 is 5.82 Å². The van der Waals surface area contributed by atoms with Gasteiger partial charge in [0.05, 0.1) is 6.54 Å². The fourth-order valence-corrected chi connectivity index (χ4v) is 2.28. The molecule has 5 heteroatoms. The van der Waals surface area contributed by atoms with Crippen LogP contribution in [0.25, 0.3) is 0 Å². The molecular weight excluding hydrogens is 262 g/mol. The quantitative estimate of drug-likeness (QED) is 0.885. The molecule has 0 aromatic carbocycles. The highest BCUT2D eigenvalue weighted by Gasteiger charge is 2.10. The van der Waals surface area contributed by atoms with Gasteiger partial charge < -0.3 is 14.8 Å². The number of rotatable bonds is 6. The third-order valence-electron chi connectivity index (χ3n) is 3.48. The summed E-state index contributed by atoms with van der Waals surface area (Å²) in [5, 5.41) is 3.41. The van der Waals surface area contributed by atoms with Gasteiger partial charge in [-0.3, -0.25) is 0 Å². The van der Waals surface area contributed by atoms with Crippen LogP contribution in [0.1, 0.15) is 30.8 Å². The van der Waals surface area contributed by atoms with Crippen LogP contribution in [-0.4, -0.2) is 27.6 Å². The zero-order chi connectivity index (χ0) is 15.4. The van der Waals surface area contributed by atoms with Gasteiger partial charge in [-0.2, -0.15) is 0 Å². The summed E-state index contributed by atoms with van der Waals surface area (Å²) in [5.74, 6) is 2.04. The fraction of sp³-hybridized carbons (Fsp3) is 0.500. The topological polar surface area (TPSA) is 46.0 Å². The van der Waals surface area contributed by atoms with Gasteiger partial charge in [-0.1, -0.05) is 13.8 Å². The molecule has 0 aliphatic heterocycles.